The van der Waals surface area contributed by atoms with E-state index in [1.54, 1.807) is 19.0 Å². The number of hydrogen-bond donors (Lipinski definition) is 2. The molecule has 0 bridgehead atoms. The van der Waals surface area contributed by atoms with Gasteiger partial charge >= 0.3 is 0 Å². The van der Waals surface area contributed by atoms with Gasteiger partial charge in [0, 0.05) is 52.9 Å². The number of nitrogens with zero attached hydrogens (tertiary/aromatic N) is 4. The number of carbonyl (C=O) groups is 1. The van der Waals surface area contributed by atoms with Crippen molar-refractivity contribution in [3.8, 4) is 0 Å². The van der Waals surface area contributed by atoms with E-state index < -0.39 is 0 Å². The number of rotatable bonds is 10. The maximum atomic E-state index is 12.0. The predicted octanol–water partition coefficient (Wildman–Crippen LogP) is 1.07. The molecule has 0 spiro atoms. The molecule has 2 aliphatic rings. The Hall–Kier alpha value is -0.650. The zero-order valence-corrected chi connectivity index (χ0v) is 21.7. The number of nitrogens with one attached hydrogen (secondary N) is 2. The second-order valence-electron chi connectivity index (χ2n) is 8.75. The zero-order valence-electron chi connectivity index (χ0n) is 19.4. The topological polar surface area (TPSA) is 72.4 Å². The van der Waals surface area contributed by atoms with E-state index in [2.05, 4.69) is 39.3 Å². The van der Waals surface area contributed by atoms with Crippen LogP contribution in [-0.2, 0) is 9.53 Å². The molecule has 0 aromatic rings. The molecule has 0 saturated carbocycles. The number of likely N-dealkylation sites (N-methyl/N-ethyl adjacent to an activating group) is 1. The number of aliphatic imine (C=N–C) groups is 1. The summed E-state index contributed by atoms with van der Waals surface area (Å²) in [5, 5.41) is 6.92. The van der Waals surface area contributed by atoms with Crippen molar-refractivity contribution in [2.24, 2.45) is 10.9 Å². The van der Waals surface area contributed by atoms with Gasteiger partial charge in [0.25, 0.3) is 0 Å². The van der Waals surface area contributed by atoms with Crippen LogP contribution in [0.2, 0.25) is 0 Å². The van der Waals surface area contributed by atoms with E-state index in [1.165, 1.54) is 19.4 Å². The number of hydrogen-bond acceptors (Lipinski definition) is 5. The molecule has 2 aliphatic heterocycles. The van der Waals surface area contributed by atoms with Crippen molar-refractivity contribution in [3.63, 3.8) is 0 Å². The minimum Gasteiger partial charge on any atom is -0.379 e. The fourth-order valence-electron chi connectivity index (χ4n) is 3.85. The summed E-state index contributed by atoms with van der Waals surface area (Å²) in [7, 11) is 3.53. The van der Waals surface area contributed by atoms with Crippen LogP contribution in [0.3, 0.4) is 0 Å². The lowest BCUT2D eigenvalue weighted by atomic mass is 10.1. The average molecular weight is 539 g/mol. The molecule has 176 valence electrons. The van der Waals surface area contributed by atoms with Crippen molar-refractivity contribution in [3.05, 3.63) is 0 Å². The second-order valence-corrected chi connectivity index (χ2v) is 8.75. The van der Waals surface area contributed by atoms with Crippen molar-refractivity contribution in [1.29, 1.82) is 0 Å². The number of carbonyl (C=O) groups excluding carboxylic acids is 1. The van der Waals surface area contributed by atoms with E-state index >= 15 is 0 Å². The molecule has 0 unspecified atom stereocenters. The summed E-state index contributed by atoms with van der Waals surface area (Å²) in [6.07, 6.45) is 3.53. The smallest absolute Gasteiger partial charge is 0.243 e. The van der Waals surface area contributed by atoms with Crippen LogP contribution in [0.25, 0.3) is 0 Å². The Morgan fingerprint density at radius 3 is 2.60 bits per heavy atom. The molecule has 9 heteroatoms. The molecule has 2 fully saturated rings. The second kappa shape index (κ2) is 15.2. The first kappa shape index (κ1) is 27.4. The van der Waals surface area contributed by atoms with E-state index in [0.717, 1.165) is 64.9 Å². The Balaban J connectivity index is 0.00000450. The van der Waals surface area contributed by atoms with E-state index in [9.17, 15) is 4.79 Å². The summed E-state index contributed by atoms with van der Waals surface area (Å²) < 4.78 is 5.40. The summed E-state index contributed by atoms with van der Waals surface area (Å²) in [5.74, 6) is 1.44. The van der Waals surface area contributed by atoms with Crippen molar-refractivity contribution in [2.45, 2.75) is 39.2 Å². The van der Waals surface area contributed by atoms with Gasteiger partial charge in [0.15, 0.2) is 5.96 Å². The largest absolute Gasteiger partial charge is 0.379 e. The standard InChI is InChI=1S/C21H42N6O2.HI/c1-18(2)17-27-10-5-7-19(27)15-23-21(24-16-20(28)25(3)4)22-8-6-9-26-11-13-29-14-12-26;/h18-19H,5-17H2,1-4H3,(H2,22,23,24);1H/t19-;/m1./s1. The van der Waals surface area contributed by atoms with E-state index in [4.69, 9.17) is 4.74 Å². The SMILES string of the molecule is CC(C)CN1CCC[C@@H]1CNC(=NCC(=O)N(C)C)NCCCN1CCOCC1.I. The lowest BCUT2D eigenvalue weighted by molar-refractivity contribution is -0.127. The number of amides is 1. The summed E-state index contributed by atoms with van der Waals surface area (Å²) in [4.78, 5) is 23.1. The average Bonchev–Trinajstić information content (AvgIpc) is 3.13. The van der Waals surface area contributed by atoms with Crippen LogP contribution in [0.5, 0.6) is 0 Å². The van der Waals surface area contributed by atoms with Crippen LogP contribution < -0.4 is 10.6 Å². The van der Waals surface area contributed by atoms with Gasteiger partial charge in [-0.1, -0.05) is 13.8 Å². The van der Waals surface area contributed by atoms with Gasteiger partial charge in [-0.3, -0.25) is 14.6 Å². The third-order valence-corrected chi connectivity index (χ3v) is 5.52. The molecule has 1 atom stereocenters. The highest BCUT2D eigenvalue weighted by atomic mass is 127. The highest BCUT2D eigenvalue weighted by molar-refractivity contribution is 14.0. The minimum absolute atomic E-state index is 0. The maximum absolute atomic E-state index is 12.0. The molecule has 2 N–H and O–H groups in total. The van der Waals surface area contributed by atoms with E-state index in [-0.39, 0.29) is 36.4 Å². The maximum Gasteiger partial charge on any atom is 0.243 e. The first-order valence-corrected chi connectivity index (χ1v) is 11.2. The van der Waals surface area contributed by atoms with Gasteiger partial charge in [0.2, 0.25) is 5.91 Å². The van der Waals surface area contributed by atoms with Gasteiger partial charge < -0.3 is 20.3 Å². The summed E-state index contributed by atoms with van der Waals surface area (Å²) >= 11 is 0. The van der Waals surface area contributed by atoms with Gasteiger partial charge in [-0.2, -0.15) is 0 Å². The summed E-state index contributed by atoms with van der Waals surface area (Å²) in [6.45, 7) is 13.5. The number of likely N-dealkylation sites (tertiary alicyclic amines) is 1. The third-order valence-electron chi connectivity index (χ3n) is 5.52. The van der Waals surface area contributed by atoms with Crippen LogP contribution in [0.15, 0.2) is 4.99 Å². The van der Waals surface area contributed by atoms with Crippen molar-refractivity contribution < 1.29 is 9.53 Å². The zero-order chi connectivity index (χ0) is 21.1. The van der Waals surface area contributed by atoms with Crippen molar-refractivity contribution in [2.75, 3.05) is 79.7 Å². The highest BCUT2D eigenvalue weighted by Crippen LogP contribution is 2.17. The van der Waals surface area contributed by atoms with E-state index in [0.29, 0.717) is 12.0 Å². The Morgan fingerprint density at radius 2 is 1.93 bits per heavy atom. The van der Waals surface area contributed by atoms with Crippen LogP contribution in [-0.4, -0.2) is 112 Å². The molecule has 1 amide bonds. The van der Waals surface area contributed by atoms with Gasteiger partial charge in [-0.25, -0.2) is 4.99 Å². The first-order valence-electron chi connectivity index (χ1n) is 11.2. The van der Waals surface area contributed by atoms with Gasteiger partial charge in [-0.05, 0) is 38.3 Å². The molecule has 0 aromatic carbocycles. The van der Waals surface area contributed by atoms with E-state index in [1.807, 2.05) is 0 Å². The van der Waals surface area contributed by atoms with Crippen LogP contribution in [0.4, 0.5) is 0 Å². The van der Waals surface area contributed by atoms with Crippen molar-refractivity contribution >= 4 is 35.8 Å². The van der Waals surface area contributed by atoms with Crippen LogP contribution in [0, 0.1) is 5.92 Å². The molecule has 2 heterocycles. The molecule has 8 nitrogen and oxygen atoms in total. The van der Waals surface area contributed by atoms with Crippen LogP contribution in [0.1, 0.15) is 33.1 Å². The minimum atomic E-state index is 0. The summed E-state index contributed by atoms with van der Waals surface area (Å²) in [6, 6.07) is 0.544. The number of guanidine groups is 1. The normalized spacial score (nSPS) is 20.8. The fraction of sp³-hybridized carbons (Fsp3) is 0.905. The Morgan fingerprint density at radius 1 is 1.20 bits per heavy atom. The Bertz CT molecular complexity index is 512. The molecule has 30 heavy (non-hydrogen) atoms. The number of morpholine rings is 1. The van der Waals surface area contributed by atoms with Gasteiger partial charge in [0.05, 0.1) is 13.2 Å². The Kier molecular flexibility index (Phi) is 13.9. The fourth-order valence-corrected chi connectivity index (χ4v) is 3.85. The molecule has 2 rings (SSSR count). The van der Waals surface area contributed by atoms with Gasteiger partial charge in [0.1, 0.15) is 6.54 Å². The molecular formula is C21H43IN6O2. The predicted molar refractivity (Wildman–Crippen MR) is 134 cm³/mol. The number of halogens is 1. The first-order chi connectivity index (χ1) is 14.0. The molecule has 0 radical (unpaired) electrons. The monoisotopic (exact) mass is 538 g/mol. The molecule has 0 aliphatic carbocycles. The quantitative estimate of drug-likeness (QED) is 0.188. The molecule has 2 saturated heterocycles. The Labute approximate surface area is 200 Å². The lowest BCUT2D eigenvalue weighted by Crippen LogP contribution is -2.46. The molecule has 0 aromatic heterocycles. The van der Waals surface area contributed by atoms with Gasteiger partial charge in [-0.15, -0.1) is 24.0 Å². The highest BCUT2D eigenvalue weighted by Gasteiger charge is 2.24. The summed E-state index contributed by atoms with van der Waals surface area (Å²) in [5.41, 5.74) is 0. The lowest BCUT2D eigenvalue weighted by Gasteiger charge is -2.27. The number of ether oxygens (including phenoxy) is 1. The third kappa shape index (κ3) is 10.6. The van der Waals surface area contributed by atoms with Crippen LogP contribution >= 0.6 is 24.0 Å². The van der Waals surface area contributed by atoms with Crippen molar-refractivity contribution in [1.82, 2.24) is 25.3 Å². The molecular weight excluding hydrogens is 495 g/mol.